The van der Waals surface area contributed by atoms with E-state index in [9.17, 15) is 13.8 Å². The van der Waals surface area contributed by atoms with E-state index in [1.54, 1.807) is 47.4 Å². The number of carbonyl (C=O) groups excluding carboxylic acids is 2. The van der Waals surface area contributed by atoms with Crippen LogP contribution < -0.4 is 9.80 Å². The second-order valence-electron chi connectivity index (χ2n) is 9.13. The summed E-state index contributed by atoms with van der Waals surface area (Å²) < 4.78 is 13.4. The van der Waals surface area contributed by atoms with Gasteiger partial charge in [0.15, 0.2) is 0 Å². The first-order valence-corrected chi connectivity index (χ1v) is 13.1. The monoisotopic (exact) mass is 487 g/mol. The number of nitrogens with zero attached hydrogens (tertiary/aromatic N) is 3. The molecule has 0 aromatic heterocycles. The van der Waals surface area contributed by atoms with Gasteiger partial charge in [-0.2, -0.15) is 0 Å². The lowest BCUT2D eigenvalue weighted by Gasteiger charge is -2.41. The average molecular weight is 488 g/mol. The van der Waals surface area contributed by atoms with Crippen LogP contribution in [0.4, 0.5) is 11.4 Å². The van der Waals surface area contributed by atoms with Crippen molar-refractivity contribution in [2.75, 3.05) is 36.0 Å². The van der Waals surface area contributed by atoms with Gasteiger partial charge in [0.05, 0.1) is 31.8 Å². The van der Waals surface area contributed by atoms with Crippen LogP contribution in [0.3, 0.4) is 0 Å². The van der Waals surface area contributed by atoms with E-state index >= 15 is 0 Å². The predicted molar refractivity (Wildman–Crippen MR) is 139 cm³/mol. The van der Waals surface area contributed by atoms with E-state index in [4.69, 9.17) is 0 Å². The highest BCUT2D eigenvalue weighted by Gasteiger charge is 2.32. The van der Waals surface area contributed by atoms with Crippen molar-refractivity contribution in [1.29, 1.82) is 0 Å². The Morgan fingerprint density at radius 1 is 1.00 bits per heavy atom. The van der Waals surface area contributed by atoms with Crippen LogP contribution in [0.25, 0.3) is 0 Å². The number of hydrogen-bond acceptors (Lipinski definition) is 4. The molecule has 0 bridgehead atoms. The van der Waals surface area contributed by atoms with Crippen molar-refractivity contribution >= 4 is 34.0 Å². The van der Waals surface area contributed by atoms with Gasteiger partial charge < -0.3 is 14.7 Å². The molecule has 6 nitrogen and oxygen atoms in total. The van der Waals surface area contributed by atoms with Crippen molar-refractivity contribution in [2.45, 2.75) is 36.6 Å². The first-order valence-electron chi connectivity index (χ1n) is 12.0. The summed E-state index contributed by atoms with van der Waals surface area (Å²) in [5.74, 6) is -0.264. The zero-order chi connectivity index (χ0) is 24.7. The van der Waals surface area contributed by atoms with Crippen LogP contribution in [0, 0.1) is 6.92 Å². The maximum atomic E-state index is 13.5. The van der Waals surface area contributed by atoms with Crippen molar-refractivity contribution in [1.82, 2.24) is 4.90 Å². The number of piperazine rings is 1. The van der Waals surface area contributed by atoms with E-state index < -0.39 is 10.8 Å². The average Bonchev–Trinajstić information content (AvgIpc) is 2.96. The first-order chi connectivity index (χ1) is 16.9. The lowest BCUT2D eigenvalue weighted by Crippen LogP contribution is -2.53. The SMILES string of the molecule is CCN1C(=O)c2ccccc2S(=O)c2ccc(C(=O)N3CCN(c4cccc(C)c4)C(C)C3)cc21. The number of hydrogen-bond donors (Lipinski definition) is 0. The highest BCUT2D eigenvalue weighted by atomic mass is 32.2. The molecule has 5 rings (SSSR count). The number of rotatable bonds is 3. The Morgan fingerprint density at radius 3 is 2.54 bits per heavy atom. The normalized spacial score (nSPS) is 19.7. The Kier molecular flexibility index (Phi) is 6.19. The van der Waals surface area contributed by atoms with Crippen LogP contribution in [0.5, 0.6) is 0 Å². The zero-order valence-corrected chi connectivity index (χ0v) is 21.0. The van der Waals surface area contributed by atoms with Gasteiger partial charge in [0.1, 0.15) is 0 Å². The molecule has 3 aromatic carbocycles. The minimum atomic E-state index is -1.50. The van der Waals surface area contributed by atoms with E-state index in [0.29, 0.717) is 46.2 Å². The zero-order valence-electron chi connectivity index (χ0n) is 20.2. The van der Waals surface area contributed by atoms with E-state index in [0.717, 1.165) is 6.54 Å². The summed E-state index contributed by atoms with van der Waals surface area (Å²) in [4.78, 5) is 33.7. The van der Waals surface area contributed by atoms with E-state index in [-0.39, 0.29) is 17.9 Å². The van der Waals surface area contributed by atoms with E-state index in [1.165, 1.54) is 11.3 Å². The lowest BCUT2D eigenvalue weighted by atomic mass is 10.1. The maximum Gasteiger partial charge on any atom is 0.259 e. The number of amides is 2. The Balaban J connectivity index is 1.42. The fourth-order valence-electron chi connectivity index (χ4n) is 5.03. The quantitative estimate of drug-likeness (QED) is 0.546. The molecule has 2 heterocycles. The molecule has 0 aliphatic carbocycles. The number of fused-ring (bicyclic) bond motifs is 2. The molecule has 1 fully saturated rings. The molecule has 35 heavy (non-hydrogen) atoms. The van der Waals surface area contributed by atoms with Crippen LogP contribution in [-0.2, 0) is 10.8 Å². The molecule has 0 saturated carbocycles. The number of aryl methyl sites for hydroxylation is 1. The van der Waals surface area contributed by atoms with Gasteiger partial charge in [-0.3, -0.25) is 9.59 Å². The van der Waals surface area contributed by atoms with E-state index in [2.05, 4.69) is 43.0 Å². The Labute approximate surface area is 208 Å². The highest BCUT2D eigenvalue weighted by Crippen LogP contribution is 2.35. The summed E-state index contributed by atoms with van der Waals surface area (Å²) in [5, 5.41) is 0. The fourth-order valence-corrected chi connectivity index (χ4v) is 6.37. The van der Waals surface area contributed by atoms with Gasteiger partial charge in [-0.15, -0.1) is 0 Å². The predicted octanol–water partition coefficient (Wildman–Crippen LogP) is 4.49. The van der Waals surface area contributed by atoms with Crippen LogP contribution >= 0.6 is 0 Å². The lowest BCUT2D eigenvalue weighted by molar-refractivity contribution is 0.0726. The van der Waals surface area contributed by atoms with Gasteiger partial charge in [0, 0.05) is 43.5 Å². The summed E-state index contributed by atoms with van der Waals surface area (Å²) in [5.41, 5.74) is 3.89. The van der Waals surface area contributed by atoms with Gasteiger partial charge >= 0.3 is 0 Å². The molecule has 2 atom stereocenters. The third-order valence-corrected chi connectivity index (χ3v) is 8.32. The number of benzene rings is 3. The van der Waals surface area contributed by atoms with Crippen LogP contribution in [0.15, 0.2) is 76.5 Å². The molecular weight excluding hydrogens is 458 g/mol. The fraction of sp³-hybridized carbons (Fsp3) is 0.286. The van der Waals surface area contributed by atoms with Gasteiger partial charge in [-0.1, -0.05) is 24.3 Å². The molecular formula is C28H29N3O3S. The molecule has 0 spiro atoms. The molecule has 7 heteroatoms. The van der Waals surface area contributed by atoms with Crippen LogP contribution in [0.1, 0.15) is 40.1 Å². The molecule has 3 aromatic rings. The van der Waals surface area contributed by atoms with Crippen LogP contribution in [0.2, 0.25) is 0 Å². The summed E-state index contributed by atoms with van der Waals surface area (Å²) >= 11 is 0. The third-order valence-electron chi connectivity index (χ3n) is 6.82. The van der Waals surface area contributed by atoms with Gasteiger partial charge in [-0.25, -0.2) is 4.21 Å². The summed E-state index contributed by atoms with van der Waals surface area (Å²) in [6.45, 7) is 8.50. The van der Waals surface area contributed by atoms with Gasteiger partial charge in [0.25, 0.3) is 11.8 Å². The van der Waals surface area contributed by atoms with Gasteiger partial charge in [-0.05, 0) is 68.8 Å². The minimum Gasteiger partial charge on any atom is -0.365 e. The smallest absolute Gasteiger partial charge is 0.259 e. The van der Waals surface area contributed by atoms with E-state index in [1.807, 2.05) is 11.8 Å². The topological polar surface area (TPSA) is 60.9 Å². The number of carbonyl (C=O) groups is 2. The molecule has 1 saturated heterocycles. The van der Waals surface area contributed by atoms with Crippen molar-refractivity contribution < 1.29 is 13.8 Å². The van der Waals surface area contributed by atoms with Crippen molar-refractivity contribution in [2.24, 2.45) is 0 Å². The summed E-state index contributed by atoms with van der Waals surface area (Å²) in [6.07, 6.45) is 0. The van der Waals surface area contributed by atoms with Crippen molar-refractivity contribution in [3.8, 4) is 0 Å². The molecule has 180 valence electrons. The minimum absolute atomic E-state index is 0.0698. The third kappa shape index (κ3) is 4.14. The Hall–Kier alpha value is -3.45. The molecule has 2 amide bonds. The summed E-state index contributed by atoms with van der Waals surface area (Å²) in [6, 6.07) is 20.8. The van der Waals surface area contributed by atoms with Crippen molar-refractivity contribution in [3.05, 3.63) is 83.4 Å². The van der Waals surface area contributed by atoms with Crippen molar-refractivity contribution in [3.63, 3.8) is 0 Å². The molecule has 2 aliphatic heterocycles. The van der Waals surface area contributed by atoms with Crippen LogP contribution in [-0.4, -0.2) is 53.1 Å². The largest absolute Gasteiger partial charge is 0.365 e. The standard InChI is InChI=1S/C28H29N3O3S/c1-4-30-24-17-21(12-13-26(24)35(34)25-11-6-5-10-23(25)28(30)33)27(32)29-14-15-31(20(3)18-29)22-9-7-8-19(2)16-22/h5-13,16-17,20H,4,14-15,18H2,1-3H3. The van der Waals surface area contributed by atoms with Gasteiger partial charge in [0.2, 0.25) is 0 Å². The first kappa shape index (κ1) is 23.3. The Morgan fingerprint density at radius 2 is 1.80 bits per heavy atom. The molecule has 0 radical (unpaired) electrons. The number of anilines is 2. The summed E-state index contributed by atoms with van der Waals surface area (Å²) in [7, 11) is -1.50. The Bertz CT molecular complexity index is 1340. The molecule has 2 unspecified atom stereocenters. The second-order valence-corrected chi connectivity index (χ2v) is 10.5. The maximum absolute atomic E-state index is 13.5. The molecule has 2 aliphatic rings. The molecule has 0 N–H and O–H groups in total. The second kappa shape index (κ2) is 9.30. The highest BCUT2D eigenvalue weighted by molar-refractivity contribution is 7.85.